The number of ether oxygens (including phenoxy) is 1. The van der Waals surface area contributed by atoms with Crippen LogP contribution in [-0.2, 0) is 11.3 Å². The topological polar surface area (TPSA) is 64.4 Å². The molecule has 8 heteroatoms. The fourth-order valence-corrected chi connectivity index (χ4v) is 4.48. The fourth-order valence-electron chi connectivity index (χ4n) is 4.48. The van der Waals surface area contributed by atoms with Gasteiger partial charge in [0.2, 0.25) is 11.1 Å². The number of carbonyl (C=O) groups is 1. The van der Waals surface area contributed by atoms with Gasteiger partial charge in [0.15, 0.2) is 0 Å². The zero-order valence-electron chi connectivity index (χ0n) is 16.1. The Balaban J connectivity index is 0.00000225. The van der Waals surface area contributed by atoms with Crippen molar-refractivity contribution >= 4 is 29.3 Å². The number of piperidine rings is 1. The quantitative estimate of drug-likeness (QED) is 0.726. The van der Waals surface area contributed by atoms with Gasteiger partial charge in [-0.2, -0.15) is 5.10 Å². The van der Waals surface area contributed by atoms with E-state index in [1.54, 1.807) is 0 Å². The molecule has 28 heavy (non-hydrogen) atoms. The third kappa shape index (κ3) is 3.53. The van der Waals surface area contributed by atoms with Crippen LogP contribution in [0.5, 0.6) is 0 Å². The van der Waals surface area contributed by atoms with E-state index in [-0.39, 0.29) is 35.1 Å². The molecular weight excluding hydrogens is 385 g/mol. The van der Waals surface area contributed by atoms with Gasteiger partial charge in [-0.25, -0.2) is 9.18 Å². The summed E-state index contributed by atoms with van der Waals surface area (Å²) < 4.78 is 21.3. The van der Waals surface area contributed by atoms with E-state index >= 15 is 0 Å². The van der Waals surface area contributed by atoms with Crippen molar-refractivity contribution in [2.24, 2.45) is 0 Å². The third-order valence-corrected chi connectivity index (χ3v) is 5.88. The highest BCUT2D eigenvalue weighted by Gasteiger charge is 2.40. The van der Waals surface area contributed by atoms with Gasteiger partial charge >= 0.3 is 5.97 Å². The summed E-state index contributed by atoms with van der Waals surface area (Å²) in [5.74, 6) is -1.22. The highest BCUT2D eigenvalue weighted by molar-refractivity contribution is 5.91. The Bertz CT molecular complexity index is 934. The number of carbonyl (C=O) groups excluding carboxylic acids is 1. The van der Waals surface area contributed by atoms with Gasteiger partial charge in [-0.15, -0.1) is 12.4 Å². The minimum atomic E-state index is -0.704. The number of nitrogens with zero attached hydrogens (tertiary/aromatic N) is 3. The largest absolute Gasteiger partial charge is 0.457 e. The van der Waals surface area contributed by atoms with Crippen molar-refractivity contribution in [3.8, 4) is 0 Å². The molecule has 0 radical (unpaired) electrons. The molecule has 2 saturated heterocycles. The Labute approximate surface area is 169 Å². The molecule has 4 rings (SSSR count). The first kappa shape index (κ1) is 20.7. The van der Waals surface area contributed by atoms with E-state index in [4.69, 9.17) is 4.74 Å². The summed E-state index contributed by atoms with van der Waals surface area (Å²) in [7, 11) is 2.11. The molecule has 0 N–H and O–H groups in total. The molecule has 0 spiro atoms. The fraction of sp³-hybridized carbons (Fsp3) is 0.550. The molecule has 2 bridgehead atoms. The lowest BCUT2D eigenvalue weighted by molar-refractivity contribution is -0.00130. The highest BCUT2D eigenvalue weighted by atomic mass is 35.5. The maximum absolute atomic E-state index is 14.3. The summed E-state index contributed by atoms with van der Waals surface area (Å²) in [5, 5.41) is 4.33. The number of fused-ring (bicyclic) bond motifs is 3. The zero-order chi connectivity index (χ0) is 19.1. The van der Waals surface area contributed by atoms with Gasteiger partial charge < -0.3 is 9.64 Å². The Kier molecular flexibility index (Phi) is 6.05. The number of hydrogen-bond acceptors (Lipinski definition) is 5. The Morgan fingerprint density at radius 1 is 1.29 bits per heavy atom. The van der Waals surface area contributed by atoms with Crippen LogP contribution in [0.25, 0.3) is 10.9 Å². The number of esters is 1. The normalized spacial score (nSPS) is 24.2. The SMILES string of the molecule is CCCn1nc(C(=O)OC2CC3CCC(C2)N3C)c(=O)c2cccc(F)c21.Cl. The van der Waals surface area contributed by atoms with Crippen molar-refractivity contribution in [3.05, 3.63) is 39.9 Å². The summed E-state index contributed by atoms with van der Waals surface area (Å²) in [5.41, 5.74) is -0.691. The highest BCUT2D eigenvalue weighted by Crippen LogP contribution is 2.35. The molecular formula is C20H25ClFN3O3. The third-order valence-electron chi connectivity index (χ3n) is 5.88. The first-order chi connectivity index (χ1) is 13.0. The number of hydrogen-bond donors (Lipinski definition) is 0. The Hall–Kier alpha value is -1.99. The number of benzene rings is 1. The summed E-state index contributed by atoms with van der Waals surface area (Å²) >= 11 is 0. The van der Waals surface area contributed by atoms with E-state index in [0.717, 1.165) is 25.7 Å². The Morgan fingerprint density at radius 3 is 2.61 bits per heavy atom. The standard InChI is InChI=1S/C20H24FN3O3.ClH/c1-3-9-24-18-15(5-4-6-16(18)21)19(25)17(22-24)20(26)27-14-10-12-7-8-13(11-14)23(12)2;/h4-6,12-14H,3,7-11H2,1-2H3;1H. The number of para-hydroxylation sites is 1. The van der Waals surface area contributed by atoms with Gasteiger partial charge in [-0.3, -0.25) is 9.48 Å². The van der Waals surface area contributed by atoms with Crippen LogP contribution in [0, 0.1) is 5.82 Å². The van der Waals surface area contributed by atoms with Crippen molar-refractivity contribution in [1.82, 2.24) is 14.7 Å². The lowest BCUT2D eigenvalue weighted by atomic mass is 10.0. The number of rotatable bonds is 4. The zero-order valence-corrected chi connectivity index (χ0v) is 16.9. The molecule has 152 valence electrons. The van der Waals surface area contributed by atoms with Gasteiger partial charge in [0, 0.05) is 31.5 Å². The average molecular weight is 410 g/mol. The van der Waals surface area contributed by atoms with Crippen LogP contribution in [-0.4, -0.2) is 45.9 Å². The molecule has 2 aromatic rings. The molecule has 0 amide bonds. The molecule has 1 aromatic carbocycles. The van der Waals surface area contributed by atoms with Gasteiger partial charge in [0.05, 0.1) is 5.39 Å². The molecule has 2 atom stereocenters. The van der Waals surface area contributed by atoms with E-state index in [1.807, 2.05) is 6.92 Å². The first-order valence-electron chi connectivity index (χ1n) is 9.61. The summed E-state index contributed by atoms with van der Waals surface area (Å²) in [4.78, 5) is 27.8. The van der Waals surface area contributed by atoms with Crippen molar-refractivity contribution in [2.45, 2.75) is 63.8 Å². The summed E-state index contributed by atoms with van der Waals surface area (Å²) in [6, 6.07) is 5.15. The van der Waals surface area contributed by atoms with Crippen LogP contribution in [0.3, 0.4) is 0 Å². The molecule has 2 aliphatic heterocycles. The van der Waals surface area contributed by atoms with Crippen molar-refractivity contribution in [3.63, 3.8) is 0 Å². The minimum absolute atomic E-state index is 0. The lowest BCUT2D eigenvalue weighted by Gasteiger charge is -2.35. The summed E-state index contributed by atoms with van der Waals surface area (Å²) in [6.07, 6.45) is 4.30. The van der Waals surface area contributed by atoms with Gasteiger partial charge in [0.25, 0.3) is 0 Å². The molecule has 2 fully saturated rings. The van der Waals surface area contributed by atoms with Crippen LogP contribution in [0.2, 0.25) is 0 Å². The van der Waals surface area contributed by atoms with Crippen LogP contribution in [0.1, 0.15) is 49.5 Å². The molecule has 0 saturated carbocycles. The molecule has 2 aliphatic rings. The molecule has 2 unspecified atom stereocenters. The minimum Gasteiger partial charge on any atom is -0.457 e. The predicted octanol–water partition coefficient (Wildman–Crippen LogP) is 3.15. The predicted molar refractivity (Wildman–Crippen MR) is 107 cm³/mol. The molecule has 1 aromatic heterocycles. The first-order valence-corrected chi connectivity index (χ1v) is 9.61. The second kappa shape index (κ2) is 8.17. The van der Waals surface area contributed by atoms with Crippen LogP contribution in [0.4, 0.5) is 4.39 Å². The smallest absolute Gasteiger partial charge is 0.363 e. The van der Waals surface area contributed by atoms with E-state index in [9.17, 15) is 14.0 Å². The monoisotopic (exact) mass is 409 g/mol. The maximum atomic E-state index is 14.3. The number of aromatic nitrogens is 2. The van der Waals surface area contributed by atoms with E-state index in [2.05, 4.69) is 17.0 Å². The second-order valence-electron chi connectivity index (χ2n) is 7.59. The molecule has 0 aliphatic carbocycles. The molecule has 3 heterocycles. The van der Waals surface area contributed by atoms with Crippen molar-refractivity contribution < 1.29 is 13.9 Å². The van der Waals surface area contributed by atoms with E-state index < -0.39 is 17.2 Å². The van der Waals surface area contributed by atoms with Gasteiger partial charge in [-0.05, 0) is 38.4 Å². The second-order valence-corrected chi connectivity index (χ2v) is 7.59. The van der Waals surface area contributed by atoms with Crippen LogP contribution >= 0.6 is 12.4 Å². The van der Waals surface area contributed by atoms with Gasteiger partial charge in [-0.1, -0.05) is 13.0 Å². The van der Waals surface area contributed by atoms with Crippen LogP contribution in [0.15, 0.2) is 23.0 Å². The van der Waals surface area contributed by atoms with E-state index in [0.29, 0.717) is 25.0 Å². The Morgan fingerprint density at radius 2 is 1.96 bits per heavy atom. The number of aryl methyl sites for hydroxylation is 1. The maximum Gasteiger partial charge on any atom is 0.363 e. The lowest BCUT2D eigenvalue weighted by Crippen LogP contribution is -2.43. The average Bonchev–Trinajstić information content (AvgIpc) is 2.85. The van der Waals surface area contributed by atoms with E-state index in [1.165, 1.54) is 22.9 Å². The summed E-state index contributed by atoms with van der Waals surface area (Å²) in [6.45, 7) is 2.34. The van der Waals surface area contributed by atoms with Gasteiger partial charge in [0.1, 0.15) is 17.4 Å². The van der Waals surface area contributed by atoms with Crippen LogP contribution < -0.4 is 5.43 Å². The number of halogens is 2. The van der Waals surface area contributed by atoms with Crippen molar-refractivity contribution in [2.75, 3.05) is 7.05 Å². The van der Waals surface area contributed by atoms with Crippen molar-refractivity contribution in [1.29, 1.82) is 0 Å². The molecule has 6 nitrogen and oxygen atoms in total.